The molecule has 1 fully saturated rings. The number of rotatable bonds is 4. The lowest BCUT2D eigenvalue weighted by Gasteiger charge is -2.40. The second kappa shape index (κ2) is 7.56. The molecule has 1 aliphatic heterocycles. The summed E-state index contributed by atoms with van der Waals surface area (Å²) in [5.74, 6) is -0.265. The van der Waals surface area contributed by atoms with E-state index in [9.17, 15) is 9.90 Å². The lowest BCUT2D eigenvalue weighted by molar-refractivity contribution is 0.102. The van der Waals surface area contributed by atoms with E-state index in [4.69, 9.17) is 0 Å². The molecule has 1 saturated heterocycles. The summed E-state index contributed by atoms with van der Waals surface area (Å²) >= 11 is 4.63. The Morgan fingerprint density at radius 1 is 1.54 bits per heavy atom. The summed E-state index contributed by atoms with van der Waals surface area (Å²) in [6.07, 6.45) is 3.34. The van der Waals surface area contributed by atoms with Crippen LogP contribution in [0.5, 0.6) is 0 Å². The molecule has 0 unspecified atom stereocenters. The molecule has 2 aromatic rings. The van der Waals surface area contributed by atoms with Gasteiger partial charge in [0.1, 0.15) is 5.69 Å². The van der Waals surface area contributed by atoms with Crippen LogP contribution in [-0.2, 0) is 0 Å². The summed E-state index contributed by atoms with van der Waals surface area (Å²) in [5.41, 5.74) is 1.92. The number of hydrogen-bond donors (Lipinski definition) is 2. The Bertz CT molecular complexity index is 725. The molecule has 1 atom stereocenters. The Kier molecular flexibility index (Phi) is 5.44. The first kappa shape index (κ1) is 17.3. The van der Waals surface area contributed by atoms with Gasteiger partial charge in [-0.05, 0) is 29.0 Å². The second-order valence-electron chi connectivity index (χ2n) is 5.60. The highest BCUT2D eigenvalue weighted by atomic mass is 79.9. The monoisotopic (exact) mass is 411 g/mol. The summed E-state index contributed by atoms with van der Waals surface area (Å²) < 4.78 is 0.670. The normalized spacial score (nSPS) is 18.6. The van der Waals surface area contributed by atoms with Gasteiger partial charge in [-0.15, -0.1) is 11.3 Å². The van der Waals surface area contributed by atoms with Crippen LogP contribution in [0.3, 0.4) is 0 Å². The van der Waals surface area contributed by atoms with Crippen LogP contribution in [0.2, 0.25) is 0 Å². The molecule has 0 aromatic carbocycles. The van der Waals surface area contributed by atoms with Gasteiger partial charge < -0.3 is 15.3 Å². The molecule has 0 saturated carbocycles. The largest absolute Gasteiger partial charge is 0.395 e. The molecule has 128 valence electrons. The first-order chi connectivity index (χ1) is 11.6. The Morgan fingerprint density at radius 2 is 2.38 bits per heavy atom. The minimum Gasteiger partial charge on any atom is -0.395 e. The molecule has 1 aliphatic rings. The van der Waals surface area contributed by atoms with E-state index in [0.717, 1.165) is 18.8 Å². The van der Waals surface area contributed by atoms with Crippen molar-refractivity contribution in [3.63, 3.8) is 0 Å². The fourth-order valence-electron chi connectivity index (χ4n) is 2.66. The van der Waals surface area contributed by atoms with E-state index < -0.39 is 0 Å². The van der Waals surface area contributed by atoms with Crippen molar-refractivity contribution in [1.82, 2.24) is 14.9 Å². The summed E-state index contributed by atoms with van der Waals surface area (Å²) in [4.78, 5) is 24.9. The molecule has 0 bridgehead atoms. The van der Waals surface area contributed by atoms with E-state index in [2.05, 4.69) is 41.0 Å². The molecule has 1 amide bonds. The Balaban J connectivity index is 1.79. The van der Waals surface area contributed by atoms with Crippen molar-refractivity contribution in [1.29, 1.82) is 0 Å². The Morgan fingerprint density at radius 3 is 3.08 bits per heavy atom. The highest BCUT2D eigenvalue weighted by Crippen LogP contribution is 2.27. The maximum absolute atomic E-state index is 12.4. The zero-order valence-corrected chi connectivity index (χ0v) is 15.5. The number of aliphatic hydroxyl groups is 1. The smallest absolute Gasteiger partial charge is 0.275 e. The lowest BCUT2D eigenvalue weighted by atomic mass is 10.1. The average Bonchev–Trinajstić information content (AvgIpc) is 3.02. The van der Waals surface area contributed by atoms with Crippen LogP contribution in [0.1, 0.15) is 10.5 Å². The van der Waals surface area contributed by atoms with E-state index in [1.54, 1.807) is 17.8 Å². The van der Waals surface area contributed by atoms with Gasteiger partial charge >= 0.3 is 0 Å². The molecule has 3 heterocycles. The standard InChI is InChI=1S/C15H18BrN5O2S/c1-20-4-5-21(7-10(20)8-22)13-2-3-17-6-11(13)18-14(23)12-9-24-15(16)19-12/h2-3,6,9-10,22H,4-5,7-8H2,1H3,(H,18,23)/t10-/m1/s1. The number of nitrogens with one attached hydrogen (secondary N) is 1. The van der Waals surface area contributed by atoms with Crippen molar-refractivity contribution in [3.05, 3.63) is 33.5 Å². The molecule has 7 nitrogen and oxygen atoms in total. The lowest BCUT2D eigenvalue weighted by Crippen LogP contribution is -2.53. The zero-order chi connectivity index (χ0) is 17.1. The van der Waals surface area contributed by atoms with E-state index >= 15 is 0 Å². The van der Waals surface area contributed by atoms with Crippen LogP contribution in [0, 0.1) is 0 Å². The number of anilines is 2. The first-order valence-corrected chi connectivity index (χ1v) is 9.18. The summed E-state index contributed by atoms with van der Waals surface area (Å²) in [6, 6.07) is 1.96. The number of aliphatic hydroxyl groups excluding tert-OH is 1. The van der Waals surface area contributed by atoms with Gasteiger partial charge in [-0.25, -0.2) is 4.98 Å². The number of carbonyl (C=O) groups excluding carboxylic acids is 1. The van der Waals surface area contributed by atoms with Gasteiger partial charge in [-0.3, -0.25) is 14.7 Å². The van der Waals surface area contributed by atoms with Crippen molar-refractivity contribution in [2.75, 3.05) is 43.5 Å². The van der Waals surface area contributed by atoms with Gasteiger partial charge in [0.05, 0.1) is 30.2 Å². The Labute approximate surface area is 152 Å². The molecular weight excluding hydrogens is 394 g/mol. The molecule has 3 rings (SSSR count). The number of thiazole rings is 1. The van der Waals surface area contributed by atoms with E-state index in [-0.39, 0.29) is 18.6 Å². The predicted molar refractivity (Wildman–Crippen MR) is 97.7 cm³/mol. The third-order valence-corrected chi connectivity index (χ3v) is 5.45. The summed E-state index contributed by atoms with van der Waals surface area (Å²) in [7, 11) is 2.01. The summed E-state index contributed by atoms with van der Waals surface area (Å²) in [6.45, 7) is 2.47. The van der Waals surface area contributed by atoms with Crippen molar-refractivity contribution < 1.29 is 9.90 Å². The van der Waals surface area contributed by atoms with E-state index in [1.807, 2.05) is 13.1 Å². The number of aromatic nitrogens is 2. The van der Waals surface area contributed by atoms with Gasteiger partial charge in [0.15, 0.2) is 3.92 Å². The molecule has 2 aromatic heterocycles. The first-order valence-electron chi connectivity index (χ1n) is 7.51. The average molecular weight is 412 g/mol. The van der Waals surface area contributed by atoms with Gasteiger partial charge in [-0.2, -0.15) is 0 Å². The number of nitrogens with zero attached hydrogens (tertiary/aromatic N) is 4. The fraction of sp³-hybridized carbons (Fsp3) is 0.400. The van der Waals surface area contributed by atoms with Crippen molar-refractivity contribution >= 4 is 44.5 Å². The summed E-state index contributed by atoms with van der Waals surface area (Å²) in [5, 5.41) is 14.1. The highest BCUT2D eigenvalue weighted by Gasteiger charge is 2.25. The number of likely N-dealkylation sites (N-methyl/N-ethyl adjacent to an activating group) is 1. The van der Waals surface area contributed by atoms with Gasteiger partial charge in [0.25, 0.3) is 5.91 Å². The minimum atomic E-state index is -0.265. The van der Waals surface area contributed by atoms with Gasteiger partial charge in [0.2, 0.25) is 0 Å². The topological polar surface area (TPSA) is 81.6 Å². The number of piperazine rings is 1. The zero-order valence-electron chi connectivity index (χ0n) is 13.1. The molecule has 0 aliphatic carbocycles. The molecule has 0 spiro atoms. The SMILES string of the molecule is CN1CCN(c2ccncc2NC(=O)c2csc(Br)n2)C[C@@H]1CO. The van der Waals surface area contributed by atoms with Crippen LogP contribution in [0.25, 0.3) is 0 Å². The van der Waals surface area contributed by atoms with E-state index in [1.165, 1.54) is 11.3 Å². The molecule has 24 heavy (non-hydrogen) atoms. The number of amides is 1. The molecule has 2 N–H and O–H groups in total. The van der Waals surface area contributed by atoms with Crippen LogP contribution in [0.15, 0.2) is 27.8 Å². The van der Waals surface area contributed by atoms with Gasteiger partial charge in [-0.1, -0.05) is 0 Å². The third kappa shape index (κ3) is 3.75. The van der Waals surface area contributed by atoms with Crippen LogP contribution < -0.4 is 10.2 Å². The maximum Gasteiger partial charge on any atom is 0.275 e. The fourth-order valence-corrected chi connectivity index (χ4v) is 3.65. The molecule has 0 radical (unpaired) electrons. The van der Waals surface area contributed by atoms with Crippen molar-refractivity contribution in [2.45, 2.75) is 6.04 Å². The molecule has 9 heteroatoms. The van der Waals surface area contributed by atoms with E-state index in [0.29, 0.717) is 21.8 Å². The quantitative estimate of drug-likeness (QED) is 0.795. The number of hydrogen-bond acceptors (Lipinski definition) is 7. The van der Waals surface area contributed by atoms with Crippen molar-refractivity contribution in [3.8, 4) is 0 Å². The van der Waals surface area contributed by atoms with Gasteiger partial charge in [0, 0.05) is 31.2 Å². The van der Waals surface area contributed by atoms with Crippen molar-refractivity contribution in [2.24, 2.45) is 0 Å². The van der Waals surface area contributed by atoms with Crippen LogP contribution >= 0.6 is 27.3 Å². The van der Waals surface area contributed by atoms with Crippen LogP contribution in [-0.4, -0.2) is 65.2 Å². The second-order valence-corrected chi connectivity index (χ2v) is 7.73. The number of carbonyl (C=O) groups is 1. The number of pyridine rings is 1. The third-order valence-electron chi connectivity index (χ3n) is 4.08. The Hall–Kier alpha value is -1.55. The maximum atomic E-state index is 12.4. The molecular formula is C15H18BrN5O2S. The van der Waals surface area contributed by atoms with Crippen LogP contribution in [0.4, 0.5) is 11.4 Å². The number of halogens is 1. The minimum absolute atomic E-state index is 0.0740. The highest BCUT2D eigenvalue weighted by molar-refractivity contribution is 9.11. The predicted octanol–water partition coefficient (Wildman–Crippen LogP) is 1.67.